The van der Waals surface area contributed by atoms with Crippen molar-refractivity contribution in [2.45, 2.75) is 38.6 Å². The predicted molar refractivity (Wildman–Crippen MR) is 93.9 cm³/mol. The Labute approximate surface area is 135 Å². The van der Waals surface area contributed by atoms with Gasteiger partial charge in [-0.3, -0.25) is 4.90 Å². The SMILES string of the molecule is CCCCC1CCN(C(c2ccccc2)c2ccccc2)C1. The van der Waals surface area contributed by atoms with E-state index in [0.29, 0.717) is 6.04 Å². The maximum atomic E-state index is 2.69. The first-order valence-corrected chi connectivity index (χ1v) is 8.72. The van der Waals surface area contributed by atoms with Gasteiger partial charge in [0.1, 0.15) is 0 Å². The molecule has 1 saturated heterocycles. The molecule has 0 spiro atoms. The molecule has 0 N–H and O–H groups in total. The van der Waals surface area contributed by atoms with Gasteiger partial charge in [-0.2, -0.15) is 0 Å². The van der Waals surface area contributed by atoms with E-state index in [-0.39, 0.29) is 0 Å². The highest BCUT2D eigenvalue weighted by Crippen LogP contribution is 2.34. The van der Waals surface area contributed by atoms with Crippen molar-refractivity contribution in [2.24, 2.45) is 5.92 Å². The number of nitrogens with zero attached hydrogens (tertiary/aromatic N) is 1. The van der Waals surface area contributed by atoms with Crippen LogP contribution in [0.3, 0.4) is 0 Å². The molecule has 3 rings (SSSR count). The van der Waals surface area contributed by atoms with E-state index in [1.165, 1.54) is 49.9 Å². The molecule has 22 heavy (non-hydrogen) atoms. The van der Waals surface area contributed by atoms with Crippen molar-refractivity contribution in [3.05, 3.63) is 71.8 Å². The topological polar surface area (TPSA) is 3.24 Å². The van der Waals surface area contributed by atoms with Crippen molar-refractivity contribution in [3.8, 4) is 0 Å². The number of rotatable bonds is 6. The van der Waals surface area contributed by atoms with Crippen molar-refractivity contribution in [3.63, 3.8) is 0 Å². The fourth-order valence-corrected chi connectivity index (χ4v) is 3.71. The molecule has 0 aromatic heterocycles. The maximum absolute atomic E-state index is 2.69. The molecule has 1 heteroatoms. The lowest BCUT2D eigenvalue weighted by atomic mass is 9.97. The number of unbranched alkanes of at least 4 members (excludes halogenated alkanes) is 1. The Morgan fingerprint density at radius 1 is 0.955 bits per heavy atom. The fourth-order valence-electron chi connectivity index (χ4n) is 3.71. The van der Waals surface area contributed by atoms with Crippen LogP contribution in [0.4, 0.5) is 0 Å². The maximum Gasteiger partial charge on any atom is 0.0601 e. The second kappa shape index (κ2) is 7.60. The largest absolute Gasteiger partial charge is 0.292 e. The van der Waals surface area contributed by atoms with Gasteiger partial charge in [0.2, 0.25) is 0 Å². The zero-order chi connectivity index (χ0) is 15.2. The molecule has 2 aromatic carbocycles. The third kappa shape index (κ3) is 3.59. The van der Waals surface area contributed by atoms with E-state index in [1.54, 1.807) is 0 Å². The van der Waals surface area contributed by atoms with Gasteiger partial charge in [0.15, 0.2) is 0 Å². The fraction of sp³-hybridized carbons (Fsp3) is 0.429. The summed E-state index contributed by atoms with van der Waals surface area (Å²) in [4.78, 5) is 2.69. The van der Waals surface area contributed by atoms with Gasteiger partial charge < -0.3 is 0 Å². The molecule has 1 aliphatic rings. The van der Waals surface area contributed by atoms with Crippen LogP contribution in [0.1, 0.15) is 49.8 Å². The molecule has 0 aliphatic carbocycles. The average molecular weight is 293 g/mol. The zero-order valence-electron chi connectivity index (χ0n) is 13.6. The summed E-state index contributed by atoms with van der Waals surface area (Å²) in [5.74, 6) is 0.884. The van der Waals surface area contributed by atoms with Crippen LogP contribution in [0, 0.1) is 5.92 Å². The van der Waals surface area contributed by atoms with Gasteiger partial charge in [-0.05, 0) is 36.4 Å². The molecule has 0 amide bonds. The second-order valence-electron chi connectivity index (χ2n) is 6.52. The van der Waals surface area contributed by atoms with Crippen LogP contribution in [0.25, 0.3) is 0 Å². The van der Waals surface area contributed by atoms with E-state index in [4.69, 9.17) is 0 Å². The summed E-state index contributed by atoms with van der Waals surface area (Å²) in [6.45, 7) is 4.76. The lowest BCUT2D eigenvalue weighted by Gasteiger charge is -2.29. The minimum atomic E-state index is 0.411. The number of benzene rings is 2. The molecular formula is C21H27N. The van der Waals surface area contributed by atoms with Gasteiger partial charge in [-0.15, -0.1) is 0 Å². The minimum Gasteiger partial charge on any atom is -0.292 e. The van der Waals surface area contributed by atoms with Crippen molar-refractivity contribution < 1.29 is 0 Å². The summed E-state index contributed by atoms with van der Waals surface area (Å²) in [5, 5.41) is 0. The highest BCUT2D eigenvalue weighted by Gasteiger charge is 2.29. The van der Waals surface area contributed by atoms with Crippen molar-refractivity contribution in [2.75, 3.05) is 13.1 Å². The van der Waals surface area contributed by atoms with Crippen LogP contribution in [0.5, 0.6) is 0 Å². The van der Waals surface area contributed by atoms with Crippen LogP contribution in [0.2, 0.25) is 0 Å². The molecule has 1 aliphatic heterocycles. The Bertz CT molecular complexity index is 509. The van der Waals surface area contributed by atoms with Gasteiger partial charge in [0.25, 0.3) is 0 Å². The van der Waals surface area contributed by atoms with Gasteiger partial charge in [-0.25, -0.2) is 0 Å². The second-order valence-corrected chi connectivity index (χ2v) is 6.52. The molecule has 116 valence electrons. The molecule has 1 atom stereocenters. The Kier molecular flexibility index (Phi) is 5.29. The summed E-state index contributed by atoms with van der Waals surface area (Å²) < 4.78 is 0. The molecule has 0 radical (unpaired) electrons. The van der Waals surface area contributed by atoms with Crippen molar-refractivity contribution >= 4 is 0 Å². The Morgan fingerprint density at radius 3 is 2.09 bits per heavy atom. The van der Waals surface area contributed by atoms with Gasteiger partial charge in [-0.1, -0.05) is 80.4 Å². The summed E-state index contributed by atoms with van der Waals surface area (Å²) in [5.41, 5.74) is 2.84. The normalized spacial score (nSPS) is 18.9. The van der Waals surface area contributed by atoms with Crippen molar-refractivity contribution in [1.29, 1.82) is 0 Å². The smallest absolute Gasteiger partial charge is 0.0601 e. The van der Waals surface area contributed by atoms with Crippen molar-refractivity contribution in [1.82, 2.24) is 4.90 Å². The summed E-state index contributed by atoms with van der Waals surface area (Å²) in [6.07, 6.45) is 5.44. The van der Waals surface area contributed by atoms with Gasteiger partial charge in [0, 0.05) is 6.54 Å². The first-order chi connectivity index (χ1) is 10.9. The number of likely N-dealkylation sites (tertiary alicyclic amines) is 1. The summed E-state index contributed by atoms with van der Waals surface area (Å²) in [7, 11) is 0. The molecule has 1 fully saturated rings. The Balaban J connectivity index is 1.81. The third-order valence-corrected chi connectivity index (χ3v) is 4.88. The van der Waals surface area contributed by atoms with E-state index < -0.39 is 0 Å². The van der Waals surface area contributed by atoms with Crippen LogP contribution in [0.15, 0.2) is 60.7 Å². The van der Waals surface area contributed by atoms with E-state index in [9.17, 15) is 0 Å². The van der Waals surface area contributed by atoms with E-state index in [1.807, 2.05) is 0 Å². The Morgan fingerprint density at radius 2 is 1.55 bits per heavy atom. The number of hydrogen-bond donors (Lipinski definition) is 0. The quantitative estimate of drug-likeness (QED) is 0.699. The molecule has 1 nitrogen and oxygen atoms in total. The molecule has 1 heterocycles. The molecule has 1 unspecified atom stereocenters. The lowest BCUT2D eigenvalue weighted by Crippen LogP contribution is -2.27. The average Bonchev–Trinajstić information content (AvgIpc) is 3.04. The number of hydrogen-bond acceptors (Lipinski definition) is 1. The molecule has 0 saturated carbocycles. The van der Waals surface area contributed by atoms with Crippen LogP contribution in [-0.4, -0.2) is 18.0 Å². The van der Waals surface area contributed by atoms with Crippen LogP contribution >= 0.6 is 0 Å². The predicted octanol–water partition coefficient (Wildman–Crippen LogP) is 5.29. The first kappa shape index (κ1) is 15.3. The first-order valence-electron chi connectivity index (χ1n) is 8.72. The molecule has 0 bridgehead atoms. The summed E-state index contributed by atoms with van der Waals surface area (Å²) in [6, 6.07) is 22.4. The minimum absolute atomic E-state index is 0.411. The van der Waals surface area contributed by atoms with Crippen LogP contribution in [-0.2, 0) is 0 Å². The highest BCUT2D eigenvalue weighted by atomic mass is 15.2. The van der Waals surface area contributed by atoms with E-state index in [0.717, 1.165) is 5.92 Å². The van der Waals surface area contributed by atoms with Gasteiger partial charge in [0.05, 0.1) is 6.04 Å². The lowest BCUT2D eigenvalue weighted by molar-refractivity contribution is 0.266. The summed E-state index contributed by atoms with van der Waals surface area (Å²) >= 11 is 0. The third-order valence-electron chi connectivity index (χ3n) is 4.88. The highest BCUT2D eigenvalue weighted by molar-refractivity contribution is 5.32. The zero-order valence-corrected chi connectivity index (χ0v) is 13.6. The molecule has 2 aromatic rings. The van der Waals surface area contributed by atoms with Gasteiger partial charge >= 0.3 is 0 Å². The Hall–Kier alpha value is -1.60. The monoisotopic (exact) mass is 293 g/mol. The standard InChI is InChI=1S/C21H27N/c1-2-3-10-18-15-16-22(17-18)21(19-11-6-4-7-12-19)20-13-8-5-9-14-20/h4-9,11-14,18,21H,2-3,10,15-17H2,1H3. The van der Waals surface area contributed by atoms with E-state index in [2.05, 4.69) is 72.5 Å². The van der Waals surface area contributed by atoms with E-state index >= 15 is 0 Å². The molecular weight excluding hydrogens is 266 g/mol. The van der Waals surface area contributed by atoms with Crippen LogP contribution < -0.4 is 0 Å².